The van der Waals surface area contributed by atoms with E-state index in [0.29, 0.717) is 30.3 Å². The average molecular weight is 576 g/mol. The van der Waals surface area contributed by atoms with Gasteiger partial charge in [0.25, 0.3) is 5.91 Å². The number of hydrogen-bond donors (Lipinski definition) is 3. The number of carbonyl (C=O) groups excluding carboxylic acids is 2. The molecule has 9 heteroatoms. The summed E-state index contributed by atoms with van der Waals surface area (Å²) in [5, 5.41) is 18.2. The molecule has 41 heavy (non-hydrogen) atoms. The summed E-state index contributed by atoms with van der Waals surface area (Å²) in [6, 6.07) is 21.0. The predicted molar refractivity (Wildman–Crippen MR) is 161 cm³/mol. The first-order chi connectivity index (χ1) is 19.6. The van der Waals surface area contributed by atoms with Gasteiger partial charge in [0.2, 0.25) is 5.91 Å². The lowest BCUT2D eigenvalue weighted by Crippen LogP contribution is -2.55. The zero-order valence-corrected chi connectivity index (χ0v) is 24.5. The molecule has 1 aliphatic carbocycles. The van der Waals surface area contributed by atoms with Crippen LogP contribution in [0.25, 0.3) is 0 Å². The van der Waals surface area contributed by atoms with Gasteiger partial charge < -0.3 is 20.2 Å². The summed E-state index contributed by atoms with van der Waals surface area (Å²) in [6.07, 6.45) is 1.54. The second-order valence-electron chi connectivity index (χ2n) is 11.7. The van der Waals surface area contributed by atoms with Crippen LogP contribution in [0, 0.1) is 5.92 Å². The van der Waals surface area contributed by atoms with Crippen molar-refractivity contribution >= 4 is 29.2 Å². The summed E-state index contributed by atoms with van der Waals surface area (Å²) in [7, 11) is 1.95. The number of nitrogens with zero attached hydrogens (tertiary/aromatic N) is 3. The van der Waals surface area contributed by atoms with Crippen LogP contribution < -0.4 is 15.5 Å². The number of carbonyl (C=O) groups is 2. The number of aromatic nitrogens is 1. The van der Waals surface area contributed by atoms with E-state index in [9.17, 15) is 14.7 Å². The smallest absolute Gasteiger partial charge is 0.251 e. The third-order valence-corrected chi connectivity index (χ3v) is 8.12. The van der Waals surface area contributed by atoms with E-state index < -0.39 is 23.9 Å². The van der Waals surface area contributed by atoms with E-state index >= 15 is 0 Å². The van der Waals surface area contributed by atoms with Crippen LogP contribution in [0.15, 0.2) is 72.8 Å². The Labute approximate surface area is 246 Å². The average Bonchev–Trinajstić information content (AvgIpc) is 3.74. The van der Waals surface area contributed by atoms with Crippen LogP contribution in [-0.4, -0.2) is 64.2 Å². The molecular weight excluding hydrogens is 538 g/mol. The zero-order chi connectivity index (χ0) is 29.1. The molecule has 0 spiro atoms. The van der Waals surface area contributed by atoms with Crippen LogP contribution in [0.5, 0.6) is 0 Å². The number of nitrogens with one attached hydrogen (secondary N) is 2. The Hall–Kier alpha value is -3.46. The van der Waals surface area contributed by atoms with Crippen LogP contribution in [0.4, 0.5) is 5.82 Å². The molecule has 2 heterocycles. The number of anilines is 1. The second-order valence-corrected chi connectivity index (χ2v) is 12.1. The number of hydrogen-bond acceptors (Lipinski definition) is 6. The van der Waals surface area contributed by atoms with Gasteiger partial charge in [0, 0.05) is 25.7 Å². The first kappa shape index (κ1) is 29.0. The maximum atomic E-state index is 13.7. The summed E-state index contributed by atoms with van der Waals surface area (Å²) < 4.78 is 0. The highest BCUT2D eigenvalue weighted by Crippen LogP contribution is 2.31. The molecule has 0 radical (unpaired) electrons. The van der Waals surface area contributed by atoms with Gasteiger partial charge in [-0.15, -0.1) is 0 Å². The highest BCUT2D eigenvalue weighted by Gasteiger charge is 2.49. The summed E-state index contributed by atoms with van der Waals surface area (Å²) in [5.41, 5.74) is 1.58. The first-order valence-electron chi connectivity index (χ1n) is 14.2. The summed E-state index contributed by atoms with van der Waals surface area (Å²) in [4.78, 5) is 35.5. The molecule has 0 bridgehead atoms. The molecule has 3 atom stereocenters. The summed E-state index contributed by atoms with van der Waals surface area (Å²) in [6.45, 7) is 5.10. The Balaban J connectivity index is 1.37. The van der Waals surface area contributed by atoms with Crippen LogP contribution in [0.1, 0.15) is 48.2 Å². The van der Waals surface area contributed by atoms with Crippen molar-refractivity contribution in [2.75, 3.05) is 18.5 Å². The lowest BCUT2D eigenvalue weighted by atomic mass is 9.95. The van der Waals surface area contributed by atoms with Gasteiger partial charge in [0.15, 0.2) is 0 Å². The number of rotatable bonds is 11. The molecule has 2 fully saturated rings. The minimum Gasteiger partial charge on any atom is -0.389 e. The first-order valence-corrected chi connectivity index (χ1v) is 14.5. The Kier molecular flexibility index (Phi) is 8.63. The Bertz CT molecular complexity index is 1370. The van der Waals surface area contributed by atoms with E-state index in [1.807, 2.05) is 86.5 Å². The van der Waals surface area contributed by atoms with Crippen molar-refractivity contribution in [3.8, 4) is 0 Å². The third kappa shape index (κ3) is 7.07. The molecule has 1 aromatic heterocycles. The van der Waals surface area contributed by atoms with E-state index in [4.69, 9.17) is 11.6 Å². The second kappa shape index (κ2) is 12.2. The Morgan fingerprint density at radius 3 is 2.39 bits per heavy atom. The van der Waals surface area contributed by atoms with E-state index in [-0.39, 0.29) is 17.0 Å². The van der Waals surface area contributed by atoms with Crippen molar-refractivity contribution in [2.24, 2.45) is 5.92 Å². The molecule has 2 aliphatic rings. The van der Waals surface area contributed by atoms with Gasteiger partial charge in [-0.05, 0) is 62.3 Å². The zero-order valence-electron chi connectivity index (χ0n) is 23.8. The van der Waals surface area contributed by atoms with Gasteiger partial charge in [-0.2, -0.15) is 0 Å². The molecule has 2 unspecified atom stereocenters. The van der Waals surface area contributed by atoms with Gasteiger partial charge in [-0.1, -0.05) is 72.3 Å². The van der Waals surface area contributed by atoms with E-state index in [2.05, 4.69) is 15.6 Å². The number of aliphatic hydroxyl groups is 1. The molecule has 3 N–H and O–H groups in total. The Morgan fingerprint density at radius 1 is 1.12 bits per heavy atom. The van der Waals surface area contributed by atoms with E-state index in [1.54, 1.807) is 11.0 Å². The van der Waals surface area contributed by atoms with Crippen molar-refractivity contribution in [2.45, 2.75) is 63.5 Å². The summed E-state index contributed by atoms with van der Waals surface area (Å²) in [5.74, 6) is 0.669. The molecular formula is C32H38ClN5O3. The van der Waals surface area contributed by atoms with E-state index in [1.165, 1.54) is 18.9 Å². The lowest BCUT2D eigenvalue weighted by molar-refractivity contribution is -0.134. The fourth-order valence-electron chi connectivity index (χ4n) is 5.44. The molecule has 216 valence electrons. The highest BCUT2D eigenvalue weighted by molar-refractivity contribution is 6.30. The van der Waals surface area contributed by atoms with Crippen LogP contribution >= 0.6 is 11.6 Å². The minimum absolute atomic E-state index is 0.213. The number of aliphatic hydroxyl groups excluding tert-OH is 1. The van der Waals surface area contributed by atoms with Gasteiger partial charge in [-0.25, -0.2) is 4.98 Å². The van der Waals surface area contributed by atoms with Crippen molar-refractivity contribution in [1.29, 1.82) is 0 Å². The van der Waals surface area contributed by atoms with Crippen molar-refractivity contribution in [3.63, 3.8) is 0 Å². The molecule has 8 nitrogen and oxygen atoms in total. The third-order valence-electron chi connectivity index (χ3n) is 7.93. The van der Waals surface area contributed by atoms with Gasteiger partial charge >= 0.3 is 0 Å². The molecule has 1 saturated heterocycles. The molecule has 2 aromatic carbocycles. The van der Waals surface area contributed by atoms with E-state index in [0.717, 1.165) is 17.7 Å². The molecule has 3 aromatic rings. The number of halogens is 1. The largest absolute Gasteiger partial charge is 0.389 e. The summed E-state index contributed by atoms with van der Waals surface area (Å²) >= 11 is 6.33. The standard InChI is InChI=1S/C32H38ClN5O3/c1-32(2)36-28(31(41)38(32)20-22-12-8-5-9-13-22)29(39)25(16-21-10-6-4-7-11-21)34-30(40)24-17-26(33)35-27(18-24)37(3)19-23-14-15-23/h4-13,17-18,23,25,28-29,36,39H,14-16,19-20H2,1-3H3,(H,34,40)/t25-,28?,29?/m0/s1. The molecule has 5 rings (SSSR count). The number of pyridine rings is 1. The van der Waals surface area contributed by atoms with Crippen LogP contribution in [0.2, 0.25) is 5.15 Å². The SMILES string of the molecule is CN(CC1CC1)c1cc(C(=O)N[C@@H](Cc2ccccc2)C(O)C2NC(C)(C)N(Cc3ccccc3)C2=O)cc(Cl)n1. The van der Waals surface area contributed by atoms with Gasteiger partial charge in [0.05, 0.1) is 17.8 Å². The molecule has 2 amide bonds. The van der Waals surface area contributed by atoms with Crippen molar-refractivity contribution in [3.05, 3.63) is 94.6 Å². The maximum absolute atomic E-state index is 13.7. The van der Waals surface area contributed by atoms with Gasteiger partial charge in [-0.3, -0.25) is 14.9 Å². The fourth-order valence-corrected chi connectivity index (χ4v) is 5.64. The van der Waals surface area contributed by atoms with Crippen LogP contribution in [0.3, 0.4) is 0 Å². The fraction of sp³-hybridized carbons (Fsp3) is 0.406. The molecule has 1 saturated carbocycles. The normalized spacial score (nSPS) is 19.6. The quantitative estimate of drug-likeness (QED) is 0.299. The number of benzene rings is 2. The topological polar surface area (TPSA) is 97.8 Å². The number of amides is 2. The van der Waals surface area contributed by atoms with Crippen molar-refractivity contribution in [1.82, 2.24) is 20.5 Å². The highest BCUT2D eigenvalue weighted by atomic mass is 35.5. The Morgan fingerprint density at radius 2 is 1.76 bits per heavy atom. The predicted octanol–water partition coefficient (Wildman–Crippen LogP) is 4.02. The van der Waals surface area contributed by atoms with Crippen LogP contribution in [-0.2, 0) is 17.8 Å². The monoisotopic (exact) mass is 575 g/mol. The maximum Gasteiger partial charge on any atom is 0.251 e. The molecule has 1 aliphatic heterocycles. The van der Waals surface area contributed by atoms with Gasteiger partial charge in [0.1, 0.15) is 17.0 Å². The van der Waals surface area contributed by atoms with Crippen molar-refractivity contribution < 1.29 is 14.7 Å². The minimum atomic E-state index is -1.19. The lowest BCUT2D eigenvalue weighted by Gasteiger charge is -2.31.